The van der Waals surface area contributed by atoms with Crippen molar-refractivity contribution in [3.63, 3.8) is 0 Å². The number of piperidine rings is 1. The molecule has 138 valence electrons. The molecular formula is C20H25N3O3. The van der Waals surface area contributed by atoms with Crippen molar-refractivity contribution >= 4 is 6.03 Å². The smallest absolute Gasteiger partial charge is 0.317 e. The van der Waals surface area contributed by atoms with Gasteiger partial charge in [-0.05, 0) is 36.5 Å². The molecule has 2 amide bonds. The topological polar surface area (TPSA) is 63.7 Å². The molecule has 1 saturated heterocycles. The van der Waals surface area contributed by atoms with Gasteiger partial charge in [0.15, 0.2) is 0 Å². The molecule has 0 aliphatic carbocycles. The largest absolute Gasteiger partial charge is 0.497 e. The highest BCUT2D eigenvalue weighted by Crippen LogP contribution is 2.23. The molecule has 0 radical (unpaired) electrons. The van der Waals surface area contributed by atoms with Crippen LogP contribution in [0.1, 0.15) is 25.3 Å². The highest BCUT2D eigenvalue weighted by molar-refractivity contribution is 5.74. The van der Waals surface area contributed by atoms with E-state index in [2.05, 4.69) is 17.2 Å². The minimum absolute atomic E-state index is 0.00624. The number of hydrogen-bond acceptors (Lipinski definition) is 4. The van der Waals surface area contributed by atoms with E-state index in [-0.39, 0.29) is 6.03 Å². The summed E-state index contributed by atoms with van der Waals surface area (Å²) in [6.07, 6.45) is 3.99. The van der Waals surface area contributed by atoms with Crippen molar-refractivity contribution in [2.45, 2.75) is 26.3 Å². The van der Waals surface area contributed by atoms with Crippen LogP contribution in [0.2, 0.25) is 0 Å². The molecule has 26 heavy (non-hydrogen) atoms. The van der Waals surface area contributed by atoms with Crippen LogP contribution in [0.25, 0.3) is 0 Å². The third-order valence-corrected chi connectivity index (χ3v) is 4.45. The van der Waals surface area contributed by atoms with Gasteiger partial charge < -0.3 is 19.7 Å². The van der Waals surface area contributed by atoms with Gasteiger partial charge in [-0.2, -0.15) is 0 Å². The second-order valence-electron chi connectivity index (χ2n) is 6.64. The molecule has 1 aliphatic heterocycles. The Balaban J connectivity index is 1.51. The minimum atomic E-state index is -0.00624. The second kappa shape index (κ2) is 8.56. The molecule has 2 aromatic rings. The number of urea groups is 1. The number of carbonyl (C=O) groups excluding carboxylic acids is 1. The predicted octanol–water partition coefficient (Wildman–Crippen LogP) is 3.82. The molecule has 0 bridgehead atoms. The normalized spacial score (nSPS) is 16.8. The summed E-state index contributed by atoms with van der Waals surface area (Å²) in [5.41, 5.74) is 0.932. The van der Waals surface area contributed by atoms with Crippen LogP contribution in [0.5, 0.6) is 17.4 Å². The van der Waals surface area contributed by atoms with E-state index >= 15 is 0 Å². The standard InChI is InChI=1S/C20H25N3O3/c1-15-5-4-10-23(14-15)20(24)22-13-16-8-9-19(21-12-16)26-18-7-3-6-17(11-18)25-2/h3,6-9,11-12,15H,4-5,10,13-14H2,1-2H3,(H,22,24). The lowest BCUT2D eigenvalue weighted by Crippen LogP contribution is -2.44. The number of aromatic nitrogens is 1. The fraction of sp³-hybridized carbons (Fsp3) is 0.400. The van der Waals surface area contributed by atoms with Crippen LogP contribution >= 0.6 is 0 Å². The van der Waals surface area contributed by atoms with Gasteiger partial charge in [0.05, 0.1) is 7.11 Å². The van der Waals surface area contributed by atoms with Crippen molar-refractivity contribution in [2.24, 2.45) is 5.92 Å². The predicted molar refractivity (Wildman–Crippen MR) is 99.5 cm³/mol. The molecule has 1 fully saturated rings. The Hall–Kier alpha value is -2.76. The molecule has 0 saturated carbocycles. The quantitative estimate of drug-likeness (QED) is 0.885. The number of carbonyl (C=O) groups is 1. The van der Waals surface area contributed by atoms with Gasteiger partial charge >= 0.3 is 6.03 Å². The number of rotatable bonds is 5. The van der Waals surface area contributed by atoms with Gasteiger partial charge in [-0.1, -0.05) is 19.1 Å². The first-order valence-electron chi connectivity index (χ1n) is 8.93. The molecular weight excluding hydrogens is 330 g/mol. The average Bonchev–Trinajstić information content (AvgIpc) is 2.67. The lowest BCUT2D eigenvalue weighted by molar-refractivity contribution is 0.169. The molecule has 0 spiro atoms. The zero-order chi connectivity index (χ0) is 18.4. The highest BCUT2D eigenvalue weighted by Gasteiger charge is 2.20. The van der Waals surface area contributed by atoms with Gasteiger partial charge in [0.1, 0.15) is 11.5 Å². The maximum atomic E-state index is 12.2. The number of benzene rings is 1. The summed E-state index contributed by atoms with van der Waals surface area (Å²) >= 11 is 0. The Morgan fingerprint density at radius 1 is 1.31 bits per heavy atom. The summed E-state index contributed by atoms with van der Waals surface area (Å²) in [4.78, 5) is 18.4. The Morgan fingerprint density at radius 2 is 2.15 bits per heavy atom. The molecule has 1 N–H and O–H groups in total. The SMILES string of the molecule is COc1cccc(Oc2ccc(CNC(=O)N3CCCC(C)C3)cn2)c1. The number of pyridine rings is 1. The van der Waals surface area contributed by atoms with Crippen LogP contribution in [-0.4, -0.2) is 36.1 Å². The van der Waals surface area contributed by atoms with Crippen molar-refractivity contribution in [2.75, 3.05) is 20.2 Å². The molecule has 1 atom stereocenters. The Kier molecular flexibility index (Phi) is 5.94. The number of likely N-dealkylation sites (tertiary alicyclic amines) is 1. The maximum absolute atomic E-state index is 12.2. The monoisotopic (exact) mass is 355 g/mol. The highest BCUT2D eigenvalue weighted by atomic mass is 16.5. The number of amides is 2. The van der Waals surface area contributed by atoms with Crippen LogP contribution in [0, 0.1) is 5.92 Å². The molecule has 2 heterocycles. The molecule has 1 unspecified atom stereocenters. The first-order chi connectivity index (χ1) is 12.6. The summed E-state index contributed by atoms with van der Waals surface area (Å²) in [5, 5.41) is 2.96. The van der Waals surface area contributed by atoms with Gasteiger partial charge in [-0.3, -0.25) is 0 Å². The summed E-state index contributed by atoms with van der Waals surface area (Å²) in [7, 11) is 1.62. The lowest BCUT2D eigenvalue weighted by atomic mass is 10.0. The van der Waals surface area contributed by atoms with E-state index in [4.69, 9.17) is 9.47 Å². The Labute approximate surface area is 154 Å². The first-order valence-corrected chi connectivity index (χ1v) is 8.93. The zero-order valence-electron chi connectivity index (χ0n) is 15.3. The molecule has 1 aromatic carbocycles. The van der Waals surface area contributed by atoms with Crippen LogP contribution < -0.4 is 14.8 Å². The molecule has 3 rings (SSSR count). The van der Waals surface area contributed by atoms with Gasteiger partial charge in [0, 0.05) is 38.0 Å². The summed E-state index contributed by atoms with van der Waals surface area (Å²) in [6.45, 7) is 4.31. The van der Waals surface area contributed by atoms with Crippen molar-refractivity contribution in [1.82, 2.24) is 15.2 Å². The van der Waals surface area contributed by atoms with E-state index in [0.717, 1.165) is 30.8 Å². The third kappa shape index (κ3) is 4.88. The van der Waals surface area contributed by atoms with Crippen molar-refractivity contribution in [3.8, 4) is 17.4 Å². The Bertz CT molecular complexity index is 733. The van der Waals surface area contributed by atoms with Crippen LogP contribution in [-0.2, 0) is 6.54 Å². The molecule has 1 aromatic heterocycles. The van der Waals surface area contributed by atoms with Gasteiger partial charge in [0.2, 0.25) is 5.88 Å². The van der Waals surface area contributed by atoms with Crippen LogP contribution in [0.3, 0.4) is 0 Å². The van der Waals surface area contributed by atoms with Gasteiger partial charge in [0.25, 0.3) is 0 Å². The average molecular weight is 355 g/mol. The van der Waals surface area contributed by atoms with Crippen molar-refractivity contribution < 1.29 is 14.3 Å². The fourth-order valence-electron chi connectivity index (χ4n) is 3.02. The fourth-order valence-corrected chi connectivity index (χ4v) is 3.02. The zero-order valence-corrected chi connectivity index (χ0v) is 15.3. The van der Waals surface area contributed by atoms with E-state index in [1.54, 1.807) is 25.4 Å². The summed E-state index contributed by atoms with van der Waals surface area (Å²) in [5.74, 6) is 2.47. The third-order valence-electron chi connectivity index (χ3n) is 4.45. The molecule has 1 aliphatic rings. The second-order valence-corrected chi connectivity index (χ2v) is 6.64. The van der Waals surface area contributed by atoms with E-state index in [1.165, 1.54) is 6.42 Å². The number of nitrogens with zero attached hydrogens (tertiary/aromatic N) is 2. The van der Waals surface area contributed by atoms with E-state index in [1.807, 2.05) is 29.2 Å². The first kappa shape index (κ1) is 18.0. The summed E-state index contributed by atoms with van der Waals surface area (Å²) < 4.78 is 10.9. The van der Waals surface area contributed by atoms with E-state index in [0.29, 0.717) is 24.1 Å². The molecule has 6 nitrogen and oxygen atoms in total. The summed E-state index contributed by atoms with van der Waals surface area (Å²) in [6, 6.07) is 11.1. The lowest BCUT2D eigenvalue weighted by Gasteiger charge is -2.30. The van der Waals surface area contributed by atoms with Crippen LogP contribution in [0.4, 0.5) is 4.79 Å². The van der Waals surface area contributed by atoms with Gasteiger partial charge in [-0.25, -0.2) is 9.78 Å². The maximum Gasteiger partial charge on any atom is 0.317 e. The number of ether oxygens (including phenoxy) is 2. The van der Waals surface area contributed by atoms with Crippen molar-refractivity contribution in [1.29, 1.82) is 0 Å². The Morgan fingerprint density at radius 3 is 2.88 bits per heavy atom. The minimum Gasteiger partial charge on any atom is -0.497 e. The molecule has 6 heteroatoms. The van der Waals surface area contributed by atoms with E-state index < -0.39 is 0 Å². The van der Waals surface area contributed by atoms with Crippen molar-refractivity contribution in [3.05, 3.63) is 48.2 Å². The number of nitrogens with one attached hydrogen (secondary N) is 1. The van der Waals surface area contributed by atoms with Gasteiger partial charge in [-0.15, -0.1) is 0 Å². The van der Waals surface area contributed by atoms with Crippen LogP contribution in [0.15, 0.2) is 42.6 Å². The van der Waals surface area contributed by atoms with E-state index in [9.17, 15) is 4.79 Å². The number of hydrogen-bond donors (Lipinski definition) is 1. The number of methoxy groups -OCH3 is 1.